The van der Waals surface area contributed by atoms with Gasteiger partial charge in [-0.05, 0) is 74.7 Å². The first kappa shape index (κ1) is 27.6. The van der Waals surface area contributed by atoms with Crippen LogP contribution in [-0.4, -0.2) is 32.0 Å². The number of fused-ring (bicyclic) bond motifs is 1. The van der Waals surface area contributed by atoms with Gasteiger partial charge in [0, 0.05) is 22.3 Å². The Morgan fingerprint density at radius 2 is 1.95 bits per heavy atom. The Morgan fingerprint density at radius 1 is 1.20 bits per heavy atom. The lowest BCUT2D eigenvalue weighted by Crippen LogP contribution is -2.39. The van der Waals surface area contributed by atoms with Crippen LogP contribution in [0.25, 0.3) is 6.08 Å². The first-order valence-corrected chi connectivity index (χ1v) is 14.7. The van der Waals surface area contributed by atoms with E-state index in [-0.39, 0.29) is 17.9 Å². The molecule has 4 heterocycles. The maximum Gasteiger partial charge on any atom is 0.338 e. The highest BCUT2D eigenvalue weighted by Crippen LogP contribution is 2.35. The van der Waals surface area contributed by atoms with Gasteiger partial charge in [-0.25, -0.2) is 19.8 Å². The molecule has 10 nitrogen and oxygen atoms in total. The van der Waals surface area contributed by atoms with E-state index < -0.39 is 16.9 Å². The Morgan fingerprint density at radius 3 is 2.60 bits per heavy atom. The lowest BCUT2D eigenvalue weighted by molar-refractivity contribution is -0.387. The quantitative estimate of drug-likeness (QED) is 0.134. The first-order chi connectivity index (χ1) is 19.2. The van der Waals surface area contributed by atoms with Gasteiger partial charge in [0.1, 0.15) is 6.04 Å². The minimum absolute atomic E-state index is 0.119. The zero-order valence-corrected chi connectivity index (χ0v) is 24.4. The smallest absolute Gasteiger partial charge is 0.338 e. The molecule has 0 fully saturated rings. The van der Waals surface area contributed by atoms with Crippen molar-refractivity contribution < 1.29 is 14.5 Å². The van der Waals surface area contributed by atoms with Crippen molar-refractivity contribution in [3.05, 3.63) is 105 Å². The largest absolute Gasteiger partial charge is 0.463 e. The van der Waals surface area contributed by atoms with Crippen LogP contribution >= 0.6 is 34.4 Å². The number of carbonyl (C=O) groups excluding carboxylic acids is 1. The molecule has 0 spiro atoms. The molecule has 0 bridgehead atoms. The summed E-state index contributed by atoms with van der Waals surface area (Å²) in [5.74, 6) is -0.520. The Labute approximate surface area is 240 Å². The van der Waals surface area contributed by atoms with Crippen LogP contribution in [0.5, 0.6) is 0 Å². The molecule has 4 aromatic rings. The fraction of sp³-hybridized carbons (Fsp3) is 0.222. The second-order valence-corrected chi connectivity index (χ2v) is 11.8. The van der Waals surface area contributed by atoms with Crippen LogP contribution < -0.4 is 14.9 Å². The number of aryl methyl sites for hydroxylation is 2. The van der Waals surface area contributed by atoms with E-state index in [2.05, 4.69) is 15.0 Å². The standard InChI is InChI=1S/C27H23N5O5S3/c1-5-37-25(34)22-16(4)30-27-31(23(22)20-7-6-10-38-20)24(33)21(40-27)13-17-8-9-19(18(12-17)32(35)36)39-26-28-14(2)11-15(3)29-26/h6-13,23H,5H2,1-4H3/b21-13+/t23-/m0/s1. The Hall–Kier alpha value is -3.94. The van der Waals surface area contributed by atoms with E-state index >= 15 is 0 Å². The molecule has 13 heteroatoms. The summed E-state index contributed by atoms with van der Waals surface area (Å²) in [5.41, 5.74) is 2.35. The molecule has 1 atom stereocenters. The second kappa shape index (κ2) is 11.3. The highest BCUT2D eigenvalue weighted by molar-refractivity contribution is 7.99. The van der Waals surface area contributed by atoms with Crippen LogP contribution in [0.1, 0.15) is 41.7 Å². The molecule has 1 aliphatic heterocycles. The van der Waals surface area contributed by atoms with E-state index in [1.54, 1.807) is 32.1 Å². The van der Waals surface area contributed by atoms with E-state index in [9.17, 15) is 19.7 Å². The summed E-state index contributed by atoms with van der Waals surface area (Å²) in [6, 6.07) is 9.64. The number of hydrogen-bond acceptors (Lipinski definition) is 11. The molecule has 0 radical (unpaired) electrons. The lowest BCUT2D eigenvalue weighted by Gasteiger charge is -2.23. The molecule has 0 saturated heterocycles. The number of rotatable bonds is 7. The molecular formula is C27H23N5O5S3. The molecular weight excluding hydrogens is 571 g/mol. The van der Waals surface area contributed by atoms with Gasteiger partial charge in [0.2, 0.25) is 0 Å². The zero-order chi connectivity index (χ0) is 28.6. The number of nitro groups is 1. The van der Waals surface area contributed by atoms with Crippen molar-refractivity contribution in [3.8, 4) is 0 Å². The average Bonchev–Trinajstić information content (AvgIpc) is 3.52. The molecule has 204 valence electrons. The van der Waals surface area contributed by atoms with Gasteiger partial charge in [-0.15, -0.1) is 11.3 Å². The molecule has 1 aliphatic rings. The van der Waals surface area contributed by atoms with Gasteiger partial charge in [0.25, 0.3) is 11.2 Å². The molecule has 0 N–H and O–H groups in total. The van der Waals surface area contributed by atoms with E-state index in [1.165, 1.54) is 22.0 Å². The number of esters is 1. The number of ether oxygens (including phenoxy) is 1. The van der Waals surface area contributed by atoms with Crippen LogP contribution in [0, 0.1) is 24.0 Å². The van der Waals surface area contributed by atoms with Gasteiger partial charge < -0.3 is 4.74 Å². The van der Waals surface area contributed by atoms with Gasteiger partial charge in [0.15, 0.2) is 9.96 Å². The summed E-state index contributed by atoms with van der Waals surface area (Å²) in [5, 5.41) is 14.3. The van der Waals surface area contributed by atoms with Crippen molar-refractivity contribution in [2.45, 2.75) is 43.8 Å². The number of thiazole rings is 1. The fourth-order valence-corrected chi connectivity index (χ4v) is 7.17. The van der Waals surface area contributed by atoms with Gasteiger partial charge in [-0.1, -0.05) is 23.5 Å². The fourth-order valence-electron chi connectivity index (χ4n) is 4.35. The van der Waals surface area contributed by atoms with Crippen LogP contribution in [0.4, 0.5) is 5.69 Å². The average molecular weight is 594 g/mol. The van der Waals surface area contributed by atoms with Crippen LogP contribution in [0.3, 0.4) is 0 Å². The monoisotopic (exact) mass is 593 g/mol. The maximum absolute atomic E-state index is 13.7. The number of thiophene rings is 1. The number of nitro benzene ring substituents is 1. The summed E-state index contributed by atoms with van der Waals surface area (Å²) in [6.07, 6.45) is 1.60. The summed E-state index contributed by atoms with van der Waals surface area (Å²) in [6.45, 7) is 7.32. The highest BCUT2D eigenvalue weighted by Gasteiger charge is 2.34. The van der Waals surface area contributed by atoms with Crippen molar-refractivity contribution in [3.63, 3.8) is 0 Å². The van der Waals surface area contributed by atoms with Gasteiger partial charge >= 0.3 is 5.97 Å². The molecule has 3 aromatic heterocycles. The number of hydrogen-bond donors (Lipinski definition) is 0. The van der Waals surface area contributed by atoms with E-state index in [4.69, 9.17) is 4.74 Å². The molecule has 40 heavy (non-hydrogen) atoms. The summed E-state index contributed by atoms with van der Waals surface area (Å²) in [7, 11) is 0. The normalized spacial score (nSPS) is 15.1. The zero-order valence-electron chi connectivity index (χ0n) is 21.9. The number of carbonyl (C=O) groups is 1. The van der Waals surface area contributed by atoms with Crippen LogP contribution in [0.15, 0.2) is 72.9 Å². The van der Waals surface area contributed by atoms with Crippen molar-refractivity contribution >= 4 is 52.2 Å². The molecule has 0 unspecified atom stereocenters. The topological polar surface area (TPSA) is 130 Å². The molecule has 1 aromatic carbocycles. The van der Waals surface area contributed by atoms with Crippen molar-refractivity contribution in [2.24, 2.45) is 4.99 Å². The predicted molar refractivity (Wildman–Crippen MR) is 153 cm³/mol. The minimum atomic E-state index is -0.677. The highest BCUT2D eigenvalue weighted by atomic mass is 32.2. The second-order valence-electron chi connectivity index (χ2n) is 8.84. The molecule has 0 amide bonds. The summed E-state index contributed by atoms with van der Waals surface area (Å²) >= 11 is 3.71. The summed E-state index contributed by atoms with van der Waals surface area (Å²) < 4.78 is 7.13. The van der Waals surface area contributed by atoms with E-state index in [0.29, 0.717) is 36.2 Å². The van der Waals surface area contributed by atoms with Crippen LogP contribution in [0.2, 0.25) is 0 Å². The summed E-state index contributed by atoms with van der Waals surface area (Å²) in [4.78, 5) is 53.0. The number of nitrogens with zero attached hydrogens (tertiary/aromatic N) is 5. The van der Waals surface area contributed by atoms with Gasteiger partial charge in [-0.2, -0.15) is 0 Å². The molecule has 0 aliphatic carbocycles. The predicted octanol–water partition coefficient (Wildman–Crippen LogP) is 4.33. The van der Waals surface area contributed by atoms with Crippen molar-refractivity contribution in [1.82, 2.24) is 14.5 Å². The molecule has 0 saturated carbocycles. The Kier molecular flexibility index (Phi) is 7.79. The lowest BCUT2D eigenvalue weighted by atomic mass is 10.0. The van der Waals surface area contributed by atoms with Crippen molar-refractivity contribution in [1.29, 1.82) is 0 Å². The number of allylic oxidation sites excluding steroid dienone is 1. The minimum Gasteiger partial charge on any atom is -0.463 e. The van der Waals surface area contributed by atoms with Crippen LogP contribution in [-0.2, 0) is 9.53 Å². The number of aromatic nitrogens is 3. The number of benzene rings is 1. The SMILES string of the molecule is CCOC(=O)C1=C(C)N=c2s/c(=C/c3ccc(Sc4nc(C)cc(C)n4)c([N+](=O)[O-])c3)c(=O)n2[C@H]1c1cccs1. The third-order valence-corrected chi connectivity index (χ3v) is 8.81. The van der Waals surface area contributed by atoms with E-state index in [0.717, 1.165) is 39.4 Å². The third-order valence-electron chi connectivity index (χ3n) is 5.97. The third kappa shape index (κ3) is 5.40. The Bertz CT molecular complexity index is 1840. The van der Waals surface area contributed by atoms with Gasteiger partial charge in [0.05, 0.1) is 32.2 Å². The van der Waals surface area contributed by atoms with Gasteiger partial charge in [-0.3, -0.25) is 19.5 Å². The molecule has 5 rings (SSSR count). The maximum atomic E-state index is 13.7. The van der Waals surface area contributed by atoms with Crippen molar-refractivity contribution in [2.75, 3.05) is 6.61 Å². The Balaban J connectivity index is 1.59. The first-order valence-electron chi connectivity index (χ1n) is 12.2. The van der Waals surface area contributed by atoms with E-state index in [1.807, 2.05) is 37.4 Å².